The first kappa shape index (κ1) is 25.7. The highest BCUT2D eigenvalue weighted by atomic mass is 35.5. The summed E-state index contributed by atoms with van der Waals surface area (Å²) in [5.74, 6) is 0.581. The summed E-state index contributed by atoms with van der Waals surface area (Å²) in [6.07, 6.45) is 1.49. The van der Waals surface area contributed by atoms with Crippen LogP contribution in [0.25, 0.3) is 22.3 Å². The SMILES string of the molecule is COc1cc(C=Nn2c(-c3ccccc3)nc3ccccc3c2=O)cc(Cl)c1OCC(=O)Nc1ccccc1. The zero-order chi connectivity index (χ0) is 27.2. The number of benzene rings is 4. The van der Waals surface area contributed by atoms with Gasteiger partial charge >= 0.3 is 0 Å². The van der Waals surface area contributed by atoms with E-state index in [2.05, 4.69) is 10.4 Å². The first-order valence-electron chi connectivity index (χ1n) is 12.0. The second kappa shape index (κ2) is 11.6. The van der Waals surface area contributed by atoms with Crippen LogP contribution in [-0.2, 0) is 4.79 Å². The number of rotatable bonds is 8. The molecule has 1 amide bonds. The lowest BCUT2D eigenvalue weighted by Gasteiger charge is -2.13. The van der Waals surface area contributed by atoms with Gasteiger partial charge in [0.15, 0.2) is 23.9 Å². The number of hydrogen-bond acceptors (Lipinski definition) is 6. The molecular formula is C30H23ClN4O4. The minimum Gasteiger partial charge on any atom is -0.493 e. The zero-order valence-corrected chi connectivity index (χ0v) is 21.6. The molecule has 0 bridgehead atoms. The predicted molar refractivity (Wildman–Crippen MR) is 153 cm³/mol. The molecule has 0 aliphatic carbocycles. The Hall–Kier alpha value is -4.95. The molecule has 0 fully saturated rings. The number of carbonyl (C=O) groups excluding carboxylic acids is 1. The molecule has 0 unspecified atom stereocenters. The summed E-state index contributed by atoms with van der Waals surface area (Å²) in [4.78, 5) is 30.4. The molecule has 0 spiro atoms. The van der Waals surface area contributed by atoms with Gasteiger partial charge in [-0.2, -0.15) is 9.78 Å². The van der Waals surface area contributed by atoms with E-state index in [1.54, 1.807) is 42.5 Å². The van der Waals surface area contributed by atoms with Crippen molar-refractivity contribution < 1.29 is 14.3 Å². The Morgan fingerprint density at radius 1 is 1.00 bits per heavy atom. The molecule has 0 aliphatic rings. The smallest absolute Gasteiger partial charge is 0.282 e. The summed E-state index contributed by atoms with van der Waals surface area (Å²) in [5.41, 5.74) is 2.22. The summed E-state index contributed by atoms with van der Waals surface area (Å²) in [6.45, 7) is -0.267. The van der Waals surface area contributed by atoms with Crippen LogP contribution in [0.2, 0.25) is 5.02 Å². The number of ether oxygens (including phenoxy) is 2. The minimum absolute atomic E-state index is 0.217. The molecule has 1 N–H and O–H groups in total. The molecule has 194 valence electrons. The van der Waals surface area contributed by atoms with E-state index in [0.717, 1.165) is 5.56 Å². The Bertz CT molecular complexity index is 1720. The summed E-state index contributed by atoms with van der Waals surface area (Å²) < 4.78 is 12.4. The number of nitrogens with zero attached hydrogens (tertiary/aromatic N) is 3. The summed E-state index contributed by atoms with van der Waals surface area (Å²) in [6, 6.07) is 28.8. The van der Waals surface area contributed by atoms with Gasteiger partial charge in [0.25, 0.3) is 11.5 Å². The van der Waals surface area contributed by atoms with E-state index >= 15 is 0 Å². The number of carbonyl (C=O) groups is 1. The fourth-order valence-corrected chi connectivity index (χ4v) is 4.21. The molecule has 0 atom stereocenters. The molecule has 0 saturated carbocycles. The van der Waals surface area contributed by atoms with Gasteiger partial charge in [0.05, 0.1) is 29.2 Å². The number of anilines is 1. The topological polar surface area (TPSA) is 94.8 Å². The van der Waals surface area contributed by atoms with Gasteiger partial charge in [-0.25, -0.2) is 4.98 Å². The average molecular weight is 539 g/mol. The predicted octanol–water partition coefficient (Wildman–Crippen LogP) is 5.63. The van der Waals surface area contributed by atoms with Crippen LogP contribution in [0.1, 0.15) is 5.56 Å². The molecule has 1 aromatic heterocycles. The largest absolute Gasteiger partial charge is 0.493 e. The first-order chi connectivity index (χ1) is 19.0. The van der Waals surface area contributed by atoms with Crippen molar-refractivity contribution in [2.75, 3.05) is 19.0 Å². The minimum atomic E-state index is -0.346. The van der Waals surface area contributed by atoms with Crippen LogP contribution in [0.4, 0.5) is 5.69 Å². The lowest BCUT2D eigenvalue weighted by Crippen LogP contribution is -2.20. The fourth-order valence-electron chi connectivity index (χ4n) is 3.94. The molecule has 9 heteroatoms. The van der Waals surface area contributed by atoms with E-state index in [4.69, 9.17) is 26.1 Å². The van der Waals surface area contributed by atoms with Crippen LogP contribution in [0, 0.1) is 0 Å². The van der Waals surface area contributed by atoms with Gasteiger partial charge in [-0.3, -0.25) is 9.59 Å². The molecule has 39 heavy (non-hydrogen) atoms. The summed E-state index contributed by atoms with van der Waals surface area (Å²) >= 11 is 6.50. The van der Waals surface area contributed by atoms with E-state index in [-0.39, 0.29) is 28.8 Å². The first-order valence-corrected chi connectivity index (χ1v) is 12.4. The van der Waals surface area contributed by atoms with Crippen LogP contribution in [0.15, 0.2) is 107 Å². The van der Waals surface area contributed by atoms with Crippen molar-refractivity contribution in [3.63, 3.8) is 0 Å². The van der Waals surface area contributed by atoms with Crippen molar-refractivity contribution in [2.24, 2.45) is 5.10 Å². The lowest BCUT2D eigenvalue weighted by molar-refractivity contribution is -0.118. The summed E-state index contributed by atoms with van der Waals surface area (Å²) in [7, 11) is 1.47. The Kier molecular flexibility index (Phi) is 7.65. The molecule has 0 saturated heterocycles. The van der Waals surface area contributed by atoms with Crippen LogP contribution in [-0.4, -0.2) is 35.5 Å². The van der Waals surface area contributed by atoms with Crippen molar-refractivity contribution in [1.82, 2.24) is 9.66 Å². The molecule has 4 aromatic carbocycles. The second-order valence-electron chi connectivity index (χ2n) is 8.42. The highest BCUT2D eigenvalue weighted by molar-refractivity contribution is 6.32. The van der Waals surface area contributed by atoms with Crippen molar-refractivity contribution in [1.29, 1.82) is 0 Å². The molecule has 5 rings (SSSR count). The lowest BCUT2D eigenvalue weighted by atomic mass is 10.2. The van der Waals surface area contributed by atoms with Crippen molar-refractivity contribution in [2.45, 2.75) is 0 Å². The number of halogens is 1. The monoisotopic (exact) mass is 538 g/mol. The normalized spacial score (nSPS) is 11.0. The van der Waals surface area contributed by atoms with Crippen molar-refractivity contribution in [3.8, 4) is 22.9 Å². The number of para-hydroxylation sites is 2. The van der Waals surface area contributed by atoms with E-state index in [1.165, 1.54) is 18.0 Å². The van der Waals surface area contributed by atoms with E-state index in [0.29, 0.717) is 33.7 Å². The van der Waals surface area contributed by atoms with Gasteiger partial charge in [0, 0.05) is 11.3 Å². The third-order valence-corrected chi connectivity index (χ3v) is 6.05. The third-order valence-electron chi connectivity index (χ3n) is 5.76. The second-order valence-corrected chi connectivity index (χ2v) is 8.82. The van der Waals surface area contributed by atoms with E-state index in [1.807, 2.05) is 54.6 Å². The number of amides is 1. The van der Waals surface area contributed by atoms with Gasteiger partial charge in [-0.05, 0) is 42.0 Å². The Balaban J connectivity index is 1.44. The third kappa shape index (κ3) is 5.81. The molecule has 5 aromatic rings. The van der Waals surface area contributed by atoms with E-state index in [9.17, 15) is 9.59 Å². The number of nitrogens with one attached hydrogen (secondary N) is 1. The maximum atomic E-state index is 13.4. The molecule has 8 nitrogen and oxygen atoms in total. The summed E-state index contributed by atoms with van der Waals surface area (Å²) in [5, 5.41) is 7.88. The zero-order valence-electron chi connectivity index (χ0n) is 20.9. The van der Waals surface area contributed by atoms with E-state index < -0.39 is 0 Å². The van der Waals surface area contributed by atoms with Crippen LogP contribution >= 0.6 is 11.6 Å². The quantitative estimate of drug-likeness (QED) is 0.259. The molecule has 0 aliphatic heterocycles. The van der Waals surface area contributed by atoms with Crippen molar-refractivity contribution in [3.05, 3.63) is 118 Å². The van der Waals surface area contributed by atoms with Gasteiger partial charge in [0.2, 0.25) is 0 Å². The van der Waals surface area contributed by atoms with Crippen LogP contribution in [0.5, 0.6) is 11.5 Å². The maximum Gasteiger partial charge on any atom is 0.282 e. The molecule has 0 radical (unpaired) electrons. The van der Waals surface area contributed by atoms with Crippen molar-refractivity contribution >= 4 is 40.3 Å². The Labute approximate surface area is 229 Å². The highest BCUT2D eigenvalue weighted by Gasteiger charge is 2.15. The van der Waals surface area contributed by atoms with Gasteiger partial charge < -0.3 is 14.8 Å². The van der Waals surface area contributed by atoms with Crippen LogP contribution < -0.4 is 20.3 Å². The highest BCUT2D eigenvalue weighted by Crippen LogP contribution is 2.36. The number of fused-ring (bicyclic) bond motifs is 1. The maximum absolute atomic E-state index is 13.4. The fraction of sp³-hybridized carbons (Fsp3) is 0.0667. The number of methoxy groups -OCH3 is 1. The average Bonchev–Trinajstić information content (AvgIpc) is 2.96. The number of hydrogen-bond donors (Lipinski definition) is 1. The Morgan fingerprint density at radius 2 is 1.69 bits per heavy atom. The Morgan fingerprint density at radius 3 is 2.44 bits per heavy atom. The standard InChI is InChI=1S/C30H23ClN4O4/c1-38-26-17-20(16-24(31)28(26)39-19-27(36)33-22-12-6-3-7-13-22)18-32-35-29(21-10-4-2-5-11-21)34-25-15-9-8-14-23(25)30(35)37/h2-18H,19H2,1H3,(H,33,36). The van der Waals surface area contributed by atoms with Crippen LogP contribution in [0.3, 0.4) is 0 Å². The van der Waals surface area contributed by atoms with Gasteiger partial charge in [0.1, 0.15) is 0 Å². The molecule has 1 heterocycles. The van der Waals surface area contributed by atoms with Gasteiger partial charge in [-0.15, -0.1) is 0 Å². The number of aromatic nitrogens is 2. The van der Waals surface area contributed by atoms with Gasteiger partial charge in [-0.1, -0.05) is 72.3 Å². The molecular weight excluding hydrogens is 516 g/mol.